The minimum atomic E-state index is 0.921. The van der Waals surface area contributed by atoms with E-state index in [1.54, 1.807) is 11.8 Å². The summed E-state index contributed by atoms with van der Waals surface area (Å²) in [6, 6.07) is 8.10. The van der Waals surface area contributed by atoms with Gasteiger partial charge in [0.05, 0.1) is 9.80 Å². The van der Waals surface area contributed by atoms with Crippen molar-refractivity contribution < 1.29 is 4.74 Å². The average Bonchev–Trinajstić information content (AvgIpc) is 2.30. The van der Waals surface area contributed by atoms with Crippen molar-refractivity contribution in [3.63, 3.8) is 0 Å². The van der Waals surface area contributed by atoms with Crippen LogP contribution in [-0.4, -0.2) is 0 Å². The molecule has 1 heterocycles. The van der Waals surface area contributed by atoms with E-state index in [-0.39, 0.29) is 0 Å². The van der Waals surface area contributed by atoms with Gasteiger partial charge in [-0.1, -0.05) is 36.0 Å². The Morgan fingerprint density at radius 2 is 1.81 bits per heavy atom. The van der Waals surface area contributed by atoms with Gasteiger partial charge in [-0.25, -0.2) is 0 Å². The summed E-state index contributed by atoms with van der Waals surface area (Å²) in [5.41, 5.74) is 0. The van der Waals surface area contributed by atoms with E-state index in [0.29, 0.717) is 0 Å². The summed E-state index contributed by atoms with van der Waals surface area (Å²) in [5, 5.41) is 0. The highest BCUT2D eigenvalue weighted by atomic mass is 32.2. The fourth-order valence-electron chi connectivity index (χ4n) is 1.49. The van der Waals surface area contributed by atoms with Crippen LogP contribution in [0.3, 0.4) is 0 Å². The minimum Gasteiger partial charge on any atom is -0.455 e. The van der Waals surface area contributed by atoms with Crippen LogP contribution >= 0.6 is 11.8 Å². The topological polar surface area (TPSA) is 9.23 Å². The van der Waals surface area contributed by atoms with Crippen molar-refractivity contribution in [2.45, 2.75) is 18.7 Å². The second-order valence-corrected chi connectivity index (χ2v) is 4.46. The number of allylic oxidation sites excluding steroid dienone is 4. The van der Waals surface area contributed by atoms with Crippen LogP contribution in [0.25, 0.3) is 0 Å². The molecule has 0 radical (unpaired) electrons. The number of fused-ring (bicyclic) bond motifs is 1. The van der Waals surface area contributed by atoms with Crippen molar-refractivity contribution in [3.05, 3.63) is 59.2 Å². The second kappa shape index (κ2) is 5.08. The van der Waals surface area contributed by atoms with Crippen LogP contribution in [0, 0.1) is 0 Å². The van der Waals surface area contributed by atoms with Gasteiger partial charge in [-0.3, -0.25) is 0 Å². The average molecular weight is 230 g/mol. The van der Waals surface area contributed by atoms with Crippen LogP contribution in [0.4, 0.5) is 0 Å². The molecule has 0 fully saturated rings. The Balaban J connectivity index is 2.40. The molecule has 2 heteroatoms. The lowest BCUT2D eigenvalue weighted by Crippen LogP contribution is -2.01. The lowest BCUT2D eigenvalue weighted by Gasteiger charge is -2.19. The number of thioether (sulfide) groups is 1. The Morgan fingerprint density at radius 3 is 2.56 bits per heavy atom. The van der Waals surface area contributed by atoms with Crippen LogP contribution in [0.1, 0.15) is 13.8 Å². The molecule has 1 aromatic rings. The van der Waals surface area contributed by atoms with E-state index in [1.165, 1.54) is 4.90 Å². The third kappa shape index (κ3) is 2.22. The molecule has 0 atom stereocenters. The summed E-state index contributed by atoms with van der Waals surface area (Å²) < 4.78 is 5.86. The van der Waals surface area contributed by atoms with Crippen LogP contribution in [0.5, 0.6) is 5.75 Å². The quantitative estimate of drug-likeness (QED) is 0.738. The molecule has 0 saturated carbocycles. The van der Waals surface area contributed by atoms with Gasteiger partial charge in [0.2, 0.25) is 0 Å². The summed E-state index contributed by atoms with van der Waals surface area (Å²) >= 11 is 1.75. The van der Waals surface area contributed by atoms with E-state index in [9.17, 15) is 0 Å². The molecule has 0 spiro atoms. The first kappa shape index (κ1) is 11.1. The van der Waals surface area contributed by atoms with Crippen molar-refractivity contribution in [1.29, 1.82) is 0 Å². The summed E-state index contributed by atoms with van der Waals surface area (Å²) in [6.45, 7) is 4.01. The number of para-hydroxylation sites is 1. The normalized spacial score (nSPS) is 15.6. The van der Waals surface area contributed by atoms with Crippen LogP contribution in [0.15, 0.2) is 64.1 Å². The molecule has 0 unspecified atom stereocenters. The number of benzene rings is 1. The van der Waals surface area contributed by atoms with E-state index in [2.05, 4.69) is 12.1 Å². The highest BCUT2D eigenvalue weighted by Gasteiger charge is 2.16. The highest BCUT2D eigenvalue weighted by molar-refractivity contribution is 8.03. The van der Waals surface area contributed by atoms with Crippen molar-refractivity contribution in [2.75, 3.05) is 0 Å². The Morgan fingerprint density at radius 1 is 1.06 bits per heavy atom. The smallest absolute Gasteiger partial charge is 0.141 e. The maximum absolute atomic E-state index is 5.86. The fraction of sp³-hybridized carbons (Fsp3) is 0.143. The number of ether oxygens (including phenoxy) is 1. The van der Waals surface area contributed by atoms with Crippen molar-refractivity contribution in [1.82, 2.24) is 0 Å². The standard InChI is InChI=1S/C14H14OS/c1-3-7-11-13(8-4-2)16-14-10-6-5-9-12(14)15-11/h3-10H,1-2H3/b7-3-,8-4-. The Bertz CT molecular complexity index is 426. The van der Waals surface area contributed by atoms with E-state index in [4.69, 9.17) is 4.74 Å². The molecule has 16 heavy (non-hydrogen) atoms. The molecule has 1 nitrogen and oxygen atoms in total. The molecule has 0 saturated heterocycles. The van der Waals surface area contributed by atoms with Gasteiger partial charge >= 0.3 is 0 Å². The first-order valence-electron chi connectivity index (χ1n) is 5.29. The zero-order valence-corrected chi connectivity index (χ0v) is 10.3. The zero-order chi connectivity index (χ0) is 11.4. The summed E-state index contributed by atoms with van der Waals surface area (Å²) in [7, 11) is 0. The number of rotatable bonds is 2. The number of hydrogen-bond donors (Lipinski definition) is 0. The highest BCUT2D eigenvalue weighted by Crippen LogP contribution is 2.41. The molecule has 82 valence electrons. The molecular formula is C14H14OS. The van der Waals surface area contributed by atoms with Gasteiger partial charge in [0, 0.05) is 0 Å². The van der Waals surface area contributed by atoms with Gasteiger partial charge in [-0.2, -0.15) is 0 Å². The van der Waals surface area contributed by atoms with Gasteiger partial charge in [-0.05, 0) is 38.1 Å². The Hall–Kier alpha value is -1.41. The molecule has 0 N–H and O–H groups in total. The zero-order valence-electron chi connectivity index (χ0n) is 9.44. The van der Waals surface area contributed by atoms with Crippen molar-refractivity contribution in [2.24, 2.45) is 0 Å². The molecule has 0 aliphatic carbocycles. The van der Waals surface area contributed by atoms with Gasteiger partial charge in [0.1, 0.15) is 11.5 Å². The van der Waals surface area contributed by atoms with Gasteiger partial charge in [0.25, 0.3) is 0 Å². The molecule has 2 rings (SSSR count). The molecule has 0 amide bonds. The van der Waals surface area contributed by atoms with Crippen LogP contribution < -0.4 is 4.74 Å². The Labute approximate surface area is 101 Å². The van der Waals surface area contributed by atoms with E-state index < -0.39 is 0 Å². The van der Waals surface area contributed by atoms with E-state index in [0.717, 1.165) is 16.4 Å². The second-order valence-electron chi connectivity index (χ2n) is 3.38. The molecule has 0 bridgehead atoms. The van der Waals surface area contributed by atoms with Crippen LogP contribution in [0.2, 0.25) is 0 Å². The molecule has 0 aromatic heterocycles. The van der Waals surface area contributed by atoms with E-state index in [1.807, 2.05) is 50.3 Å². The lowest BCUT2D eigenvalue weighted by atomic mass is 10.3. The maximum atomic E-state index is 5.86. The summed E-state index contributed by atoms with van der Waals surface area (Å²) in [4.78, 5) is 2.32. The predicted octanol–water partition coefficient (Wildman–Crippen LogP) is 4.53. The summed E-state index contributed by atoms with van der Waals surface area (Å²) in [5.74, 6) is 1.86. The van der Waals surface area contributed by atoms with Crippen LogP contribution in [-0.2, 0) is 0 Å². The monoisotopic (exact) mass is 230 g/mol. The van der Waals surface area contributed by atoms with Gasteiger partial charge in [-0.15, -0.1) is 0 Å². The third-order valence-electron chi connectivity index (χ3n) is 2.17. The minimum absolute atomic E-state index is 0.921. The Kier molecular flexibility index (Phi) is 3.52. The third-order valence-corrected chi connectivity index (χ3v) is 3.28. The predicted molar refractivity (Wildman–Crippen MR) is 69.6 cm³/mol. The largest absolute Gasteiger partial charge is 0.455 e. The molecule has 1 aliphatic heterocycles. The lowest BCUT2D eigenvalue weighted by molar-refractivity contribution is 0.429. The van der Waals surface area contributed by atoms with E-state index >= 15 is 0 Å². The number of hydrogen-bond acceptors (Lipinski definition) is 2. The summed E-state index contributed by atoms with van der Waals surface area (Å²) in [6.07, 6.45) is 8.10. The van der Waals surface area contributed by atoms with Crippen molar-refractivity contribution >= 4 is 11.8 Å². The SMILES string of the molecule is C/C=C\C1=C(/C=C\C)Sc2ccccc2O1. The first-order valence-corrected chi connectivity index (χ1v) is 6.11. The van der Waals surface area contributed by atoms with Crippen molar-refractivity contribution in [3.8, 4) is 5.75 Å². The fourth-order valence-corrected chi connectivity index (χ4v) is 2.50. The molecule has 1 aromatic carbocycles. The van der Waals surface area contributed by atoms with Gasteiger partial charge in [0.15, 0.2) is 0 Å². The molecule has 1 aliphatic rings. The maximum Gasteiger partial charge on any atom is 0.141 e. The molecular weight excluding hydrogens is 216 g/mol. The first-order chi connectivity index (χ1) is 7.85. The van der Waals surface area contributed by atoms with Gasteiger partial charge < -0.3 is 4.74 Å².